The molecule has 0 saturated carbocycles. The fourth-order valence-electron chi connectivity index (χ4n) is 1.49. The van der Waals surface area contributed by atoms with Gasteiger partial charge in [0.2, 0.25) is 5.78 Å². The standard InChI is InChI=1S/C15H10BrFO3S/c16-14-7-6-13(21-14)12(18)9-20-15(19)8-5-10-3-1-2-4-11(10)17/h1-8H,9H2/b8-5+. The molecule has 0 atom stereocenters. The summed E-state index contributed by atoms with van der Waals surface area (Å²) in [4.78, 5) is 23.7. The first kappa shape index (κ1) is 15.6. The van der Waals surface area contributed by atoms with Crippen LogP contribution in [0.5, 0.6) is 0 Å². The van der Waals surface area contributed by atoms with Crippen molar-refractivity contribution >= 4 is 45.1 Å². The summed E-state index contributed by atoms with van der Waals surface area (Å²) in [7, 11) is 0. The normalized spacial score (nSPS) is 10.8. The molecule has 108 valence electrons. The molecule has 1 aromatic heterocycles. The van der Waals surface area contributed by atoms with Crippen LogP contribution in [-0.2, 0) is 9.53 Å². The van der Waals surface area contributed by atoms with E-state index in [4.69, 9.17) is 4.74 Å². The van der Waals surface area contributed by atoms with Crippen LogP contribution in [-0.4, -0.2) is 18.4 Å². The number of halogens is 2. The smallest absolute Gasteiger partial charge is 0.331 e. The van der Waals surface area contributed by atoms with Crippen molar-refractivity contribution < 1.29 is 18.7 Å². The number of carbonyl (C=O) groups excluding carboxylic acids is 2. The zero-order valence-corrected chi connectivity index (χ0v) is 13.1. The molecule has 0 unspecified atom stereocenters. The molecule has 21 heavy (non-hydrogen) atoms. The van der Waals surface area contributed by atoms with Gasteiger partial charge in [0, 0.05) is 11.6 Å². The Kier molecular flexibility index (Phi) is 5.41. The Morgan fingerprint density at radius 2 is 2.00 bits per heavy atom. The maximum absolute atomic E-state index is 13.3. The van der Waals surface area contributed by atoms with Crippen LogP contribution >= 0.6 is 27.3 Å². The Morgan fingerprint density at radius 3 is 2.67 bits per heavy atom. The fourth-order valence-corrected chi connectivity index (χ4v) is 2.80. The van der Waals surface area contributed by atoms with Crippen molar-refractivity contribution in [3.8, 4) is 0 Å². The van der Waals surface area contributed by atoms with Gasteiger partial charge in [0.25, 0.3) is 0 Å². The second-order valence-electron chi connectivity index (χ2n) is 3.99. The first-order valence-electron chi connectivity index (χ1n) is 5.94. The molecule has 0 aliphatic carbocycles. The molecule has 0 saturated heterocycles. The van der Waals surface area contributed by atoms with E-state index in [0.717, 1.165) is 9.86 Å². The van der Waals surface area contributed by atoms with Gasteiger partial charge in [-0.1, -0.05) is 18.2 Å². The fraction of sp³-hybridized carbons (Fsp3) is 0.0667. The number of rotatable bonds is 5. The number of benzene rings is 1. The number of ketones is 1. The lowest BCUT2D eigenvalue weighted by Gasteiger charge is -1.99. The second kappa shape index (κ2) is 7.28. The average Bonchev–Trinajstić information content (AvgIpc) is 2.90. The summed E-state index contributed by atoms with van der Waals surface area (Å²) < 4.78 is 19.0. The molecule has 3 nitrogen and oxygen atoms in total. The number of hydrogen-bond acceptors (Lipinski definition) is 4. The molecular weight excluding hydrogens is 359 g/mol. The highest BCUT2D eigenvalue weighted by Gasteiger charge is 2.10. The van der Waals surface area contributed by atoms with E-state index in [9.17, 15) is 14.0 Å². The van der Waals surface area contributed by atoms with Gasteiger partial charge in [0.05, 0.1) is 8.66 Å². The van der Waals surface area contributed by atoms with Gasteiger partial charge in [0.15, 0.2) is 6.61 Å². The molecule has 0 fully saturated rings. The molecule has 1 aromatic carbocycles. The van der Waals surface area contributed by atoms with E-state index in [2.05, 4.69) is 15.9 Å². The monoisotopic (exact) mass is 368 g/mol. The molecule has 1 heterocycles. The third-order valence-corrected chi connectivity index (χ3v) is 4.16. The van der Waals surface area contributed by atoms with E-state index in [1.165, 1.54) is 29.5 Å². The molecule has 0 N–H and O–H groups in total. The SMILES string of the molecule is O=C(/C=C/c1ccccc1F)OCC(=O)c1ccc(Br)s1. The Labute approximate surface area is 133 Å². The van der Waals surface area contributed by atoms with E-state index < -0.39 is 11.8 Å². The van der Waals surface area contributed by atoms with Gasteiger partial charge >= 0.3 is 5.97 Å². The van der Waals surface area contributed by atoms with E-state index in [1.807, 2.05) is 0 Å². The molecule has 0 spiro atoms. The molecule has 2 aromatic rings. The zero-order valence-electron chi connectivity index (χ0n) is 10.7. The lowest BCUT2D eigenvalue weighted by Crippen LogP contribution is -2.11. The van der Waals surface area contributed by atoms with Crippen LogP contribution < -0.4 is 0 Å². The average molecular weight is 369 g/mol. The number of Topliss-reactive ketones (excluding diaryl/α,β-unsaturated/α-hetero) is 1. The van der Waals surface area contributed by atoms with Gasteiger partial charge in [-0.3, -0.25) is 4.79 Å². The highest BCUT2D eigenvalue weighted by Crippen LogP contribution is 2.22. The lowest BCUT2D eigenvalue weighted by atomic mass is 10.2. The first-order valence-corrected chi connectivity index (χ1v) is 7.55. The van der Waals surface area contributed by atoms with Crippen molar-refractivity contribution in [2.24, 2.45) is 0 Å². The summed E-state index contributed by atoms with van der Waals surface area (Å²) in [5.41, 5.74) is 0.281. The summed E-state index contributed by atoms with van der Waals surface area (Å²) in [6, 6.07) is 9.45. The molecule has 0 aliphatic heterocycles. The van der Waals surface area contributed by atoms with E-state index in [0.29, 0.717) is 4.88 Å². The summed E-state index contributed by atoms with van der Waals surface area (Å²) in [6.07, 6.45) is 2.40. The van der Waals surface area contributed by atoms with E-state index in [-0.39, 0.29) is 18.0 Å². The first-order chi connectivity index (χ1) is 10.1. The Morgan fingerprint density at radius 1 is 1.24 bits per heavy atom. The van der Waals surface area contributed by atoms with Crippen LogP contribution in [0.4, 0.5) is 4.39 Å². The predicted molar refractivity (Wildman–Crippen MR) is 82.7 cm³/mol. The topological polar surface area (TPSA) is 43.4 Å². The van der Waals surface area contributed by atoms with Crippen LogP contribution in [0.25, 0.3) is 6.08 Å². The van der Waals surface area contributed by atoms with Crippen molar-refractivity contribution in [3.05, 3.63) is 62.5 Å². The second-order valence-corrected chi connectivity index (χ2v) is 6.45. The molecule has 0 bridgehead atoms. The molecule has 0 amide bonds. The summed E-state index contributed by atoms with van der Waals surface area (Å²) in [6.45, 7) is -0.340. The van der Waals surface area contributed by atoms with Crippen LogP contribution in [0.1, 0.15) is 15.2 Å². The van der Waals surface area contributed by atoms with Crippen molar-refractivity contribution in [2.75, 3.05) is 6.61 Å². The van der Waals surface area contributed by atoms with Gasteiger partial charge < -0.3 is 4.74 Å². The van der Waals surface area contributed by atoms with Crippen molar-refractivity contribution in [3.63, 3.8) is 0 Å². The lowest BCUT2D eigenvalue weighted by molar-refractivity contribution is -0.136. The number of esters is 1. The largest absolute Gasteiger partial charge is 0.454 e. The minimum atomic E-state index is -0.692. The third-order valence-electron chi connectivity index (χ3n) is 2.50. The van der Waals surface area contributed by atoms with Gasteiger partial charge in [-0.15, -0.1) is 11.3 Å². The van der Waals surface area contributed by atoms with Gasteiger partial charge in [-0.05, 0) is 40.2 Å². The third kappa shape index (κ3) is 4.61. The van der Waals surface area contributed by atoms with E-state index >= 15 is 0 Å². The Hall–Kier alpha value is -1.79. The summed E-state index contributed by atoms with van der Waals surface area (Å²) >= 11 is 4.52. The summed E-state index contributed by atoms with van der Waals surface area (Å²) in [5.74, 6) is -1.40. The number of carbonyl (C=O) groups is 2. The number of hydrogen-bond donors (Lipinski definition) is 0. The number of ether oxygens (including phenoxy) is 1. The predicted octanol–water partition coefficient (Wildman–Crippen LogP) is 4.09. The highest BCUT2D eigenvalue weighted by atomic mass is 79.9. The zero-order chi connectivity index (χ0) is 15.2. The van der Waals surface area contributed by atoms with Crippen molar-refractivity contribution in [1.29, 1.82) is 0 Å². The van der Waals surface area contributed by atoms with Crippen LogP contribution in [0.3, 0.4) is 0 Å². The van der Waals surface area contributed by atoms with E-state index in [1.54, 1.807) is 24.3 Å². The van der Waals surface area contributed by atoms with Crippen LogP contribution in [0, 0.1) is 5.82 Å². The summed E-state index contributed by atoms with van der Waals surface area (Å²) in [5, 5.41) is 0. The minimum Gasteiger partial charge on any atom is -0.454 e. The van der Waals surface area contributed by atoms with Crippen LogP contribution in [0.2, 0.25) is 0 Å². The molecular formula is C15H10BrFO3S. The maximum Gasteiger partial charge on any atom is 0.331 e. The minimum absolute atomic E-state index is 0.279. The number of thiophene rings is 1. The van der Waals surface area contributed by atoms with Crippen molar-refractivity contribution in [1.82, 2.24) is 0 Å². The Balaban J connectivity index is 1.88. The Bertz CT molecular complexity index is 694. The highest BCUT2D eigenvalue weighted by molar-refractivity contribution is 9.11. The van der Waals surface area contributed by atoms with Crippen molar-refractivity contribution in [2.45, 2.75) is 0 Å². The molecule has 0 aliphatic rings. The van der Waals surface area contributed by atoms with Gasteiger partial charge in [-0.2, -0.15) is 0 Å². The molecule has 0 radical (unpaired) electrons. The van der Waals surface area contributed by atoms with Gasteiger partial charge in [-0.25, -0.2) is 9.18 Å². The molecule has 2 rings (SSSR count). The molecule has 6 heteroatoms. The van der Waals surface area contributed by atoms with Crippen LogP contribution in [0.15, 0.2) is 46.3 Å². The quantitative estimate of drug-likeness (QED) is 0.453. The van der Waals surface area contributed by atoms with Gasteiger partial charge in [0.1, 0.15) is 5.82 Å². The maximum atomic E-state index is 13.3.